The van der Waals surface area contributed by atoms with Gasteiger partial charge in [-0.3, -0.25) is 9.59 Å². The minimum absolute atomic E-state index is 0.0537. The Hall–Kier alpha value is -2.42. The Kier molecular flexibility index (Phi) is 3.11. The minimum atomic E-state index is -0.0537. The highest BCUT2D eigenvalue weighted by atomic mass is 16.2. The second kappa shape index (κ2) is 4.93. The summed E-state index contributed by atoms with van der Waals surface area (Å²) in [6.45, 7) is 2.04. The summed E-state index contributed by atoms with van der Waals surface area (Å²) in [6, 6.07) is 15.1. The van der Waals surface area contributed by atoms with Crippen molar-refractivity contribution in [2.45, 2.75) is 19.9 Å². The number of anilines is 1. The Morgan fingerprint density at radius 1 is 1.00 bits per heavy atom. The van der Waals surface area contributed by atoms with Crippen LogP contribution in [0, 0.1) is 0 Å². The Morgan fingerprint density at radius 2 is 1.65 bits per heavy atom. The number of nitrogens with zero attached hydrogens (tertiary/aromatic N) is 1. The average molecular weight is 265 g/mol. The number of fused-ring (bicyclic) bond motifs is 2. The SMILES string of the molecule is CC(=O)N1Cc2ccccc2CC(=O)c2ccccc21. The molecule has 1 amide bonds. The molecule has 0 saturated heterocycles. The highest BCUT2D eigenvalue weighted by Crippen LogP contribution is 2.28. The average Bonchev–Trinajstić information content (AvgIpc) is 2.44. The Balaban J connectivity index is 2.18. The molecule has 3 rings (SSSR count). The van der Waals surface area contributed by atoms with Crippen LogP contribution in [0.2, 0.25) is 0 Å². The predicted molar refractivity (Wildman–Crippen MR) is 77.8 cm³/mol. The number of ketones is 1. The van der Waals surface area contributed by atoms with Gasteiger partial charge < -0.3 is 4.90 Å². The first-order valence-corrected chi connectivity index (χ1v) is 6.64. The number of benzene rings is 2. The van der Waals surface area contributed by atoms with E-state index < -0.39 is 0 Å². The van der Waals surface area contributed by atoms with Gasteiger partial charge in [0.05, 0.1) is 12.2 Å². The third kappa shape index (κ3) is 2.11. The molecule has 2 aromatic rings. The van der Waals surface area contributed by atoms with Crippen LogP contribution in [0.1, 0.15) is 28.4 Å². The molecule has 0 fully saturated rings. The van der Waals surface area contributed by atoms with Gasteiger partial charge in [0.2, 0.25) is 5.91 Å². The summed E-state index contributed by atoms with van der Waals surface area (Å²) >= 11 is 0. The normalized spacial score (nSPS) is 14.1. The van der Waals surface area contributed by atoms with E-state index in [0.29, 0.717) is 24.2 Å². The third-order valence-corrected chi connectivity index (χ3v) is 3.67. The second-order valence-electron chi connectivity index (χ2n) is 4.99. The lowest BCUT2D eigenvalue weighted by Crippen LogP contribution is -2.31. The number of hydrogen-bond donors (Lipinski definition) is 0. The topological polar surface area (TPSA) is 37.4 Å². The van der Waals surface area contributed by atoms with Gasteiger partial charge in [0.15, 0.2) is 5.78 Å². The van der Waals surface area contributed by atoms with Crippen molar-refractivity contribution in [2.24, 2.45) is 0 Å². The molecule has 2 aromatic carbocycles. The van der Waals surface area contributed by atoms with Crippen molar-refractivity contribution in [3.05, 3.63) is 65.2 Å². The molecule has 1 aliphatic rings. The molecular formula is C17H15NO2. The van der Waals surface area contributed by atoms with Crippen LogP contribution in [0.3, 0.4) is 0 Å². The van der Waals surface area contributed by atoms with E-state index in [9.17, 15) is 9.59 Å². The molecule has 0 aromatic heterocycles. The van der Waals surface area contributed by atoms with Crippen LogP contribution >= 0.6 is 0 Å². The summed E-state index contributed by atoms with van der Waals surface area (Å²) in [7, 11) is 0. The van der Waals surface area contributed by atoms with Crippen molar-refractivity contribution in [1.29, 1.82) is 0 Å². The summed E-state index contributed by atoms with van der Waals surface area (Å²) < 4.78 is 0. The molecule has 0 atom stereocenters. The summed E-state index contributed by atoms with van der Waals surface area (Å²) in [6.07, 6.45) is 0.388. The number of amides is 1. The van der Waals surface area contributed by atoms with Gasteiger partial charge in [-0.1, -0.05) is 36.4 Å². The van der Waals surface area contributed by atoms with Gasteiger partial charge in [-0.25, -0.2) is 0 Å². The van der Waals surface area contributed by atoms with E-state index >= 15 is 0 Å². The molecule has 20 heavy (non-hydrogen) atoms. The fourth-order valence-corrected chi connectivity index (χ4v) is 2.63. The van der Waals surface area contributed by atoms with Gasteiger partial charge in [0, 0.05) is 18.9 Å². The molecule has 0 spiro atoms. The van der Waals surface area contributed by atoms with E-state index in [1.807, 2.05) is 42.5 Å². The molecule has 0 aliphatic carbocycles. The van der Waals surface area contributed by atoms with Gasteiger partial charge >= 0.3 is 0 Å². The van der Waals surface area contributed by atoms with E-state index in [0.717, 1.165) is 11.1 Å². The number of hydrogen-bond acceptors (Lipinski definition) is 2. The largest absolute Gasteiger partial charge is 0.308 e. The summed E-state index contributed by atoms with van der Waals surface area (Å²) in [5, 5.41) is 0. The van der Waals surface area contributed by atoms with Gasteiger partial charge in [-0.05, 0) is 23.3 Å². The molecule has 0 unspecified atom stereocenters. The molecular weight excluding hydrogens is 250 g/mol. The number of Topliss-reactive ketones (excluding diaryl/α,β-unsaturated/α-hetero) is 1. The van der Waals surface area contributed by atoms with Crippen LogP contribution in [0.15, 0.2) is 48.5 Å². The Labute approximate surface area is 117 Å². The molecule has 0 N–H and O–H groups in total. The van der Waals surface area contributed by atoms with Gasteiger partial charge in [0.25, 0.3) is 0 Å². The van der Waals surface area contributed by atoms with E-state index in [2.05, 4.69) is 0 Å². The molecule has 3 nitrogen and oxygen atoms in total. The number of para-hydroxylation sites is 1. The standard InChI is InChI=1S/C17H15NO2/c1-12(19)18-11-14-7-3-2-6-13(14)10-17(20)15-8-4-5-9-16(15)18/h2-9H,10-11H2,1H3. The van der Waals surface area contributed by atoms with E-state index in [-0.39, 0.29) is 11.7 Å². The van der Waals surface area contributed by atoms with Crippen molar-refractivity contribution in [2.75, 3.05) is 4.90 Å². The van der Waals surface area contributed by atoms with Crippen molar-refractivity contribution >= 4 is 17.4 Å². The Bertz CT molecular complexity index is 691. The zero-order valence-corrected chi connectivity index (χ0v) is 11.3. The zero-order valence-electron chi connectivity index (χ0n) is 11.3. The van der Waals surface area contributed by atoms with Crippen LogP contribution < -0.4 is 4.90 Å². The smallest absolute Gasteiger partial charge is 0.224 e. The van der Waals surface area contributed by atoms with Crippen molar-refractivity contribution in [3.8, 4) is 0 Å². The number of carbonyl (C=O) groups is 2. The fourth-order valence-electron chi connectivity index (χ4n) is 2.63. The first kappa shape index (κ1) is 12.6. The number of carbonyl (C=O) groups excluding carboxylic acids is 2. The molecule has 1 aliphatic heterocycles. The molecule has 0 radical (unpaired) electrons. The summed E-state index contributed by atoms with van der Waals surface area (Å²) in [5.41, 5.74) is 3.36. The van der Waals surface area contributed by atoms with Crippen molar-refractivity contribution < 1.29 is 9.59 Å². The van der Waals surface area contributed by atoms with Gasteiger partial charge in [0.1, 0.15) is 0 Å². The summed E-state index contributed by atoms with van der Waals surface area (Å²) in [5.74, 6) is 0.000882. The maximum absolute atomic E-state index is 12.5. The maximum Gasteiger partial charge on any atom is 0.224 e. The van der Waals surface area contributed by atoms with E-state index in [1.54, 1.807) is 11.0 Å². The lowest BCUT2D eigenvalue weighted by molar-refractivity contribution is -0.116. The highest BCUT2D eigenvalue weighted by Gasteiger charge is 2.23. The van der Waals surface area contributed by atoms with Gasteiger partial charge in [-0.2, -0.15) is 0 Å². The number of rotatable bonds is 0. The molecule has 0 saturated carbocycles. The van der Waals surface area contributed by atoms with Crippen molar-refractivity contribution in [3.63, 3.8) is 0 Å². The molecule has 1 heterocycles. The van der Waals surface area contributed by atoms with Gasteiger partial charge in [-0.15, -0.1) is 0 Å². The zero-order chi connectivity index (χ0) is 14.1. The van der Waals surface area contributed by atoms with Crippen LogP contribution in [0.4, 0.5) is 5.69 Å². The maximum atomic E-state index is 12.5. The summed E-state index contributed by atoms with van der Waals surface area (Å²) in [4.78, 5) is 26.1. The van der Waals surface area contributed by atoms with E-state index in [1.165, 1.54) is 6.92 Å². The minimum Gasteiger partial charge on any atom is -0.308 e. The molecule has 0 bridgehead atoms. The first-order chi connectivity index (χ1) is 9.66. The van der Waals surface area contributed by atoms with Crippen LogP contribution in [-0.2, 0) is 17.8 Å². The Morgan fingerprint density at radius 3 is 2.40 bits per heavy atom. The van der Waals surface area contributed by atoms with Crippen LogP contribution in [0.25, 0.3) is 0 Å². The molecule has 100 valence electrons. The predicted octanol–water partition coefficient (Wildman–Crippen LogP) is 2.98. The fraction of sp³-hybridized carbons (Fsp3) is 0.176. The quantitative estimate of drug-likeness (QED) is 0.734. The monoisotopic (exact) mass is 265 g/mol. The molecule has 3 heteroatoms. The third-order valence-electron chi connectivity index (χ3n) is 3.67. The van der Waals surface area contributed by atoms with E-state index in [4.69, 9.17) is 0 Å². The first-order valence-electron chi connectivity index (χ1n) is 6.64. The second-order valence-corrected chi connectivity index (χ2v) is 4.99. The van der Waals surface area contributed by atoms with Crippen molar-refractivity contribution in [1.82, 2.24) is 0 Å². The lowest BCUT2D eigenvalue weighted by atomic mass is 9.94. The lowest BCUT2D eigenvalue weighted by Gasteiger charge is -2.27. The van der Waals surface area contributed by atoms with Crippen LogP contribution in [-0.4, -0.2) is 11.7 Å². The highest BCUT2D eigenvalue weighted by molar-refractivity contribution is 6.06. The van der Waals surface area contributed by atoms with Crippen LogP contribution in [0.5, 0.6) is 0 Å².